The SMILES string of the molecule is C=NC1=C(NCC2CCCN2C(=O)OC(C)(C)C)c2ccc(-c3ccc(-c4cnc(C5CCCN5)[nH]4)c4c3CCC4)cc2CC1. The topological polar surface area (TPSA) is 94.6 Å². The molecule has 8 nitrogen and oxygen atoms in total. The standard InChI is InChI=1S/C37H46N6O2/c1-37(2,3)45-36(44)43-19-7-8-25(43)21-40-34-27-14-12-23(20-24(27)13-17-31(34)38-4)26-15-16-30(29-10-5-9-28(26)29)33-22-41-35(42-33)32-11-6-18-39-32/h12,14-16,20,22,25,32,39-40H,4-11,13,17-19,21H2,1-3H3,(H,41,42). The molecule has 4 aliphatic rings. The number of imidazole rings is 1. The van der Waals surface area contributed by atoms with Gasteiger partial charge in [0.2, 0.25) is 0 Å². The highest BCUT2D eigenvalue weighted by Crippen LogP contribution is 2.41. The zero-order chi connectivity index (χ0) is 31.1. The molecule has 2 unspecified atom stereocenters. The Kier molecular flexibility index (Phi) is 8.02. The number of fused-ring (bicyclic) bond motifs is 2. The third-order valence-electron chi connectivity index (χ3n) is 9.88. The molecule has 3 aromatic rings. The van der Waals surface area contributed by atoms with E-state index in [0.717, 1.165) is 80.9 Å². The van der Waals surface area contributed by atoms with Crippen molar-refractivity contribution in [1.29, 1.82) is 0 Å². The lowest BCUT2D eigenvalue weighted by molar-refractivity contribution is 0.0229. The lowest BCUT2D eigenvalue weighted by Crippen LogP contribution is -2.44. The molecule has 0 spiro atoms. The number of aromatic nitrogens is 2. The maximum atomic E-state index is 12.9. The second-order valence-corrected chi connectivity index (χ2v) is 14.0. The molecule has 1 amide bonds. The van der Waals surface area contributed by atoms with E-state index in [0.29, 0.717) is 12.6 Å². The number of aliphatic imine (C=N–C) groups is 1. The molecule has 236 valence electrons. The molecule has 2 aliphatic carbocycles. The summed E-state index contributed by atoms with van der Waals surface area (Å²) in [5, 5.41) is 7.26. The van der Waals surface area contributed by atoms with E-state index in [9.17, 15) is 4.79 Å². The van der Waals surface area contributed by atoms with Crippen LogP contribution in [0.1, 0.15) is 93.4 Å². The van der Waals surface area contributed by atoms with Crippen molar-refractivity contribution >= 4 is 18.5 Å². The van der Waals surface area contributed by atoms with Crippen LogP contribution in [0.25, 0.3) is 28.1 Å². The number of nitrogens with one attached hydrogen (secondary N) is 3. The molecule has 2 aliphatic heterocycles. The van der Waals surface area contributed by atoms with Crippen molar-refractivity contribution in [3.05, 3.63) is 70.3 Å². The number of aryl methyl sites for hydroxylation is 1. The molecule has 0 saturated carbocycles. The second-order valence-electron chi connectivity index (χ2n) is 14.0. The van der Waals surface area contributed by atoms with Crippen LogP contribution in [-0.4, -0.2) is 59.0 Å². The zero-order valence-corrected chi connectivity index (χ0v) is 27.0. The van der Waals surface area contributed by atoms with Gasteiger partial charge in [0.1, 0.15) is 11.4 Å². The van der Waals surface area contributed by atoms with Crippen LogP contribution < -0.4 is 10.6 Å². The van der Waals surface area contributed by atoms with Crippen molar-refractivity contribution in [2.24, 2.45) is 4.99 Å². The summed E-state index contributed by atoms with van der Waals surface area (Å²) in [5.41, 5.74) is 12.0. The van der Waals surface area contributed by atoms with Gasteiger partial charge in [0.05, 0.1) is 35.4 Å². The maximum Gasteiger partial charge on any atom is 0.410 e. The lowest BCUT2D eigenvalue weighted by atomic mass is 9.87. The van der Waals surface area contributed by atoms with Gasteiger partial charge in [-0.3, -0.25) is 4.99 Å². The van der Waals surface area contributed by atoms with Gasteiger partial charge in [-0.1, -0.05) is 30.3 Å². The van der Waals surface area contributed by atoms with E-state index in [1.54, 1.807) is 0 Å². The van der Waals surface area contributed by atoms with Crippen LogP contribution in [0.5, 0.6) is 0 Å². The van der Waals surface area contributed by atoms with E-state index in [-0.39, 0.29) is 12.1 Å². The van der Waals surface area contributed by atoms with E-state index in [4.69, 9.17) is 9.72 Å². The van der Waals surface area contributed by atoms with Crippen molar-refractivity contribution in [2.75, 3.05) is 19.6 Å². The van der Waals surface area contributed by atoms with Gasteiger partial charge in [0.25, 0.3) is 0 Å². The molecule has 0 bridgehead atoms. The Bertz CT molecular complexity index is 1640. The molecule has 8 heteroatoms. The summed E-state index contributed by atoms with van der Waals surface area (Å²) in [7, 11) is 0. The van der Waals surface area contributed by atoms with Crippen LogP contribution in [0.3, 0.4) is 0 Å². The van der Waals surface area contributed by atoms with Gasteiger partial charge in [-0.25, -0.2) is 9.78 Å². The molecular formula is C37H46N6O2. The first-order valence-electron chi connectivity index (χ1n) is 16.8. The number of carbonyl (C=O) groups excluding carboxylic acids is 1. The van der Waals surface area contributed by atoms with Gasteiger partial charge in [-0.05, 0) is 120 Å². The number of hydrogen-bond donors (Lipinski definition) is 3. The molecule has 3 N–H and O–H groups in total. The minimum Gasteiger partial charge on any atom is -0.444 e. The summed E-state index contributed by atoms with van der Waals surface area (Å²) in [6.45, 7) is 12.1. The predicted molar refractivity (Wildman–Crippen MR) is 180 cm³/mol. The first-order valence-corrected chi connectivity index (χ1v) is 16.8. The fourth-order valence-electron chi connectivity index (χ4n) is 7.73. The first-order chi connectivity index (χ1) is 21.8. The molecule has 2 saturated heterocycles. The third kappa shape index (κ3) is 5.92. The molecule has 7 rings (SSSR count). The van der Waals surface area contributed by atoms with Crippen LogP contribution in [0.2, 0.25) is 0 Å². The molecular weight excluding hydrogens is 560 g/mol. The number of ether oxygens (including phenoxy) is 1. The minimum atomic E-state index is -0.504. The average molecular weight is 607 g/mol. The van der Waals surface area contributed by atoms with E-state index in [1.807, 2.05) is 31.9 Å². The highest BCUT2D eigenvalue weighted by molar-refractivity contribution is 5.80. The predicted octanol–water partition coefficient (Wildman–Crippen LogP) is 6.96. The fourth-order valence-corrected chi connectivity index (χ4v) is 7.73. The van der Waals surface area contributed by atoms with Crippen LogP contribution >= 0.6 is 0 Å². The Morgan fingerprint density at radius 3 is 2.62 bits per heavy atom. The molecule has 1 aromatic heterocycles. The monoisotopic (exact) mass is 606 g/mol. The number of rotatable bonds is 7. The molecule has 2 fully saturated rings. The average Bonchev–Trinajstić information content (AvgIpc) is 3.84. The lowest BCUT2D eigenvalue weighted by Gasteiger charge is -2.30. The van der Waals surface area contributed by atoms with Crippen LogP contribution in [0.4, 0.5) is 4.79 Å². The molecule has 3 heterocycles. The van der Waals surface area contributed by atoms with Crippen molar-refractivity contribution in [1.82, 2.24) is 25.5 Å². The third-order valence-corrected chi connectivity index (χ3v) is 9.88. The number of carbonyl (C=O) groups is 1. The van der Waals surface area contributed by atoms with Gasteiger partial charge < -0.3 is 25.3 Å². The number of benzene rings is 2. The van der Waals surface area contributed by atoms with Crippen LogP contribution in [0.15, 0.2) is 47.2 Å². The number of nitrogens with zero attached hydrogens (tertiary/aromatic N) is 3. The fraction of sp³-hybridized carbons (Fsp3) is 0.486. The van der Waals surface area contributed by atoms with E-state index < -0.39 is 5.60 Å². The number of amides is 1. The van der Waals surface area contributed by atoms with Gasteiger partial charge in [0, 0.05) is 24.2 Å². The van der Waals surface area contributed by atoms with Crippen LogP contribution in [-0.2, 0) is 24.0 Å². The maximum absolute atomic E-state index is 12.9. The summed E-state index contributed by atoms with van der Waals surface area (Å²) in [5.74, 6) is 1.06. The Labute approximate surface area is 266 Å². The van der Waals surface area contributed by atoms with Crippen molar-refractivity contribution < 1.29 is 9.53 Å². The quantitative estimate of drug-likeness (QED) is 0.253. The summed E-state index contributed by atoms with van der Waals surface area (Å²) in [6, 6.07) is 11.9. The van der Waals surface area contributed by atoms with Crippen LogP contribution in [0, 0.1) is 0 Å². The first kappa shape index (κ1) is 29.8. The van der Waals surface area contributed by atoms with E-state index in [1.165, 1.54) is 51.8 Å². The van der Waals surface area contributed by atoms with Crippen molar-refractivity contribution in [3.8, 4) is 22.4 Å². The summed E-state index contributed by atoms with van der Waals surface area (Å²) < 4.78 is 5.69. The smallest absolute Gasteiger partial charge is 0.410 e. The van der Waals surface area contributed by atoms with Gasteiger partial charge in [-0.15, -0.1) is 0 Å². The number of aromatic amines is 1. The number of likely N-dealkylation sites (tertiary alicyclic amines) is 1. The van der Waals surface area contributed by atoms with Gasteiger partial charge in [-0.2, -0.15) is 0 Å². The van der Waals surface area contributed by atoms with Gasteiger partial charge in [0.15, 0.2) is 0 Å². The number of hydrogen-bond acceptors (Lipinski definition) is 6. The zero-order valence-electron chi connectivity index (χ0n) is 27.0. The Hall–Kier alpha value is -3.91. The molecule has 2 atom stereocenters. The van der Waals surface area contributed by atoms with Crippen molar-refractivity contribution in [3.63, 3.8) is 0 Å². The number of H-pyrrole nitrogens is 1. The van der Waals surface area contributed by atoms with E-state index in [2.05, 4.69) is 57.7 Å². The normalized spacial score (nSPS) is 21.2. The summed E-state index contributed by atoms with van der Waals surface area (Å²) >= 11 is 0. The second kappa shape index (κ2) is 12.1. The summed E-state index contributed by atoms with van der Waals surface area (Å²) in [6.07, 6.45) is 11.3. The molecule has 0 radical (unpaired) electrons. The highest BCUT2D eigenvalue weighted by Gasteiger charge is 2.33. The Morgan fingerprint density at radius 2 is 1.84 bits per heavy atom. The largest absolute Gasteiger partial charge is 0.444 e. The minimum absolute atomic E-state index is 0.0875. The van der Waals surface area contributed by atoms with E-state index >= 15 is 0 Å². The highest BCUT2D eigenvalue weighted by atomic mass is 16.6. The van der Waals surface area contributed by atoms with Gasteiger partial charge >= 0.3 is 6.09 Å². The van der Waals surface area contributed by atoms with Crippen molar-refractivity contribution in [2.45, 2.75) is 96.2 Å². The molecule has 2 aromatic carbocycles. The summed E-state index contributed by atoms with van der Waals surface area (Å²) in [4.78, 5) is 27.6. The Morgan fingerprint density at radius 1 is 1.04 bits per heavy atom. The number of allylic oxidation sites excluding steroid dienone is 1. The Balaban J connectivity index is 1.13. The molecule has 45 heavy (non-hydrogen) atoms.